The van der Waals surface area contributed by atoms with Crippen molar-refractivity contribution in [3.63, 3.8) is 0 Å². The molecule has 17 nitrogen and oxygen atoms in total. The second-order valence-electron chi connectivity index (χ2n) is 14.1. The standard InChI is InChI=1S/C45H54N8O9/c46-36(24-15-27-48-42(52-44(58)61-30-34-20-9-3-10-21-34)53-45(59)62-31-35-22-11-4-12-23-35)40(55)51-38(28-32-16-5-1-6-17-32)41(56)50-37(39(47)54)25-13-14-26-49-43(57)60-29-33-18-7-2-8-19-33/h1-12,16-23,36-38H,13-15,24-31,46H2,(H2,47,54)(H,49,57)(H,50,56)(H,51,55)(H2,48,52,53,58,59)/t36-,37+,38+/m1/s1. The third-order valence-corrected chi connectivity index (χ3v) is 9.12. The first kappa shape index (κ1) is 47.4. The van der Waals surface area contributed by atoms with Gasteiger partial charge in [0.2, 0.25) is 23.7 Å². The van der Waals surface area contributed by atoms with E-state index in [9.17, 15) is 28.8 Å². The highest BCUT2D eigenvalue weighted by Crippen LogP contribution is 2.08. The highest BCUT2D eigenvalue weighted by atomic mass is 16.6. The summed E-state index contributed by atoms with van der Waals surface area (Å²) in [5, 5.41) is 12.9. The SMILES string of the molecule is NC(=O)[C@H](CCCCNC(=O)OCc1ccccc1)NC(=O)[C@H](Cc1ccccc1)NC(=O)[C@H](N)CCCN=C(NC(=O)OCc1ccccc1)NC(=O)OCc1ccccc1. The van der Waals surface area contributed by atoms with E-state index in [-0.39, 0.29) is 64.6 Å². The summed E-state index contributed by atoms with van der Waals surface area (Å²) < 4.78 is 15.7. The Morgan fingerprint density at radius 3 is 1.47 bits per heavy atom. The number of rotatable bonds is 22. The summed E-state index contributed by atoms with van der Waals surface area (Å²) >= 11 is 0. The zero-order chi connectivity index (χ0) is 44.4. The smallest absolute Gasteiger partial charge is 0.414 e. The van der Waals surface area contributed by atoms with Gasteiger partial charge >= 0.3 is 18.3 Å². The van der Waals surface area contributed by atoms with Gasteiger partial charge in [-0.3, -0.25) is 30.0 Å². The zero-order valence-electron chi connectivity index (χ0n) is 34.3. The predicted octanol–water partition coefficient (Wildman–Crippen LogP) is 4.10. The average molecular weight is 851 g/mol. The summed E-state index contributed by atoms with van der Waals surface area (Å²) in [5.74, 6) is -2.25. The summed E-state index contributed by atoms with van der Waals surface area (Å²) in [6.07, 6.45) is -0.780. The van der Waals surface area contributed by atoms with Crippen molar-refractivity contribution in [1.82, 2.24) is 26.6 Å². The quantitative estimate of drug-likeness (QED) is 0.0258. The largest absolute Gasteiger partial charge is 0.445 e. The van der Waals surface area contributed by atoms with Gasteiger partial charge in [0, 0.05) is 19.5 Å². The first-order valence-electron chi connectivity index (χ1n) is 20.2. The lowest BCUT2D eigenvalue weighted by atomic mass is 10.0. The molecule has 0 heterocycles. The fraction of sp³-hybridized carbons (Fsp3) is 0.311. The van der Waals surface area contributed by atoms with Gasteiger partial charge in [-0.2, -0.15) is 0 Å². The normalized spacial score (nSPS) is 12.0. The number of carbonyl (C=O) groups excluding carboxylic acids is 6. The Morgan fingerprint density at radius 1 is 0.532 bits per heavy atom. The van der Waals surface area contributed by atoms with Gasteiger partial charge in [0.1, 0.15) is 31.9 Å². The third kappa shape index (κ3) is 18.8. The summed E-state index contributed by atoms with van der Waals surface area (Å²) in [4.78, 5) is 80.9. The fourth-order valence-electron chi connectivity index (χ4n) is 5.79. The zero-order valence-corrected chi connectivity index (χ0v) is 34.3. The van der Waals surface area contributed by atoms with Crippen LogP contribution in [0.3, 0.4) is 0 Å². The van der Waals surface area contributed by atoms with Crippen LogP contribution in [-0.4, -0.2) is 73.2 Å². The van der Waals surface area contributed by atoms with Gasteiger partial charge in [-0.05, 0) is 54.4 Å². The number of benzene rings is 4. The van der Waals surface area contributed by atoms with E-state index >= 15 is 0 Å². The van der Waals surface area contributed by atoms with Crippen molar-refractivity contribution in [2.45, 2.75) is 76.5 Å². The second kappa shape index (κ2) is 26.8. The van der Waals surface area contributed by atoms with E-state index in [4.69, 9.17) is 25.7 Å². The van der Waals surface area contributed by atoms with Gasteiger partial charge in [0.15, 0.2) is 0 Å². The summed E-state index contributed by atoms with van der Waals surface area (Å²) in [7, 11) is 0. The van der Waals surface area contributed by atoms with Crippen molar-refractivity contribution in [2.24, 2.45) is 16.5 Å². The monoisotopic (exact) mass is 850 g/mol. The highest BCUT2D eigenvalue weighted by molar-refractivity contribution is 6.01. The fourth-order valence-corrected chi connectivity index (χ4v) is 5.79. The number of nitrogens with one attached hydrogen (secondary N) is 5. The topological polar surface area (TPSA) is 255 Å². The molecule has 0 unspecified atom stereocenters. The van der Waals surface area contributed by atoms with Gasteiger partial charge in [-0.25, -0.2) is 14.4 Å². The molecule has 328 valence electrons. The number of ether oxygens (including phenoxy) is 3. The Bertz CT molecular complexity index is 1980. The minimum atomic E-state index is -1.11. The Balaban J connectivity index is 1.28. The van der Waals surface area contributed by atoms with E-state index in [2.05, 4.69) is 31.6 Å². The number of carbonyl (C=O) groups is 6. The van der Waals surface area contributed by atoms with Crippen LogP contribution in [-0.2, 0) is 54.8 Å². The van der Waals surface area contributed by atoms with Crippen LogP contribution >= 0.6 is 0 Å². The number of amides is 6. The molecule has 0 aliphatic rings. The minimum Gasteiger partial charge on any atom is -0.445 e. The molecular formula is C45H54N8O9. The number of nitrogens with zero attached hydrogens (tertiary/aromatic N) is 1. The summed E-state index contributed by atoms with van der Waals surface area (Å²) in [6, 6.07) is 33.0. The molecule has 9 N–H and O–H groups in total. The van der Waals surface area contributed by atoms with Crippen LogP contribution in [0.2, 0.25) is 0 Å². The van der Waals surface area contributed by atoms with E-state index in [1.807, 2.05) is 48.5 Å². The molecule has 0 aliphatic carbocycles. The van der Waals surface area contributed by atoms with Crippen molar-refractivity contribution in [3.05, 3.63) is 144 Å². The molecule has 0 aromatic heterocycles. The number of guanidine groups is 1. The van der Waals surface area contributed by atoms with Crippen molar-refractivity contribution < 1.29 is 43.0 Å². The molecule has 0 saturated carbocycles. The maximum atomic E-state index is 13.6. The lowest BCUT2D eigenvalue weighted by Crippen LogP contribution is -2.56. The lowest BCUT2D eigenvalue weighted by molar-refractivity contribution is -0.131. The van der Waals surface area contributed by atoms with Crippen molar-refractivity contribution in [3.8, 4) is 0 Å². The van der Waals surface area contributed by atoms with Gasteiger partial charge in [-0.15, -0.1) is 0 Å². The Hall–Kier alpha value is -7.27. The molecular weight excluding hydrogens is 797 g/mol. The van der Waals surface area contributed by atoms with Crippen LogP contribution < -0.4 is 38.1 Å². The van der Waals surface area contributed by atoms with Gasteiger partial charge < -0.3 is 41.6 Å². The molecule has 0 saturated heterocycles. The molecule has 4 aromatic carbocycles. The van der Waals surface area contributed by atoms with Crippen LogP contribution in [0, 0.1) is 0 Å². The number of primary amides is 1. The molecule has 17 heteroatoms. The molecule has 0 spiro atoms. The van der Waals surface area contributed by atoms with Crippen LogP contribution in [0.4, 0.5) is 14.4 Å². The number of hydrogen-bond donors (Lipinski definition) is 7. The molecule has 0 bridgehead atoms. The van der Waals surface area contributed by atoms with Crippen molar-refractivity contribution >= 4 is 42.0 Å². The van der Waals surface area contributed by atoms with Crippen LogP contribution in [0.25, 0.3) is 0 Å². The van der Waals surface area contributed by atoms with E-state index in [0.717, 1.165) is 22.3 Å². The summed E-state index contributed by atoms with van der Waals surface area (Å²) in [5.41, 5.74) is 15.0. The minimum absolute atomic E-state index is 0.0207. The van der Waals surface area contributed by atoms with E-state index in [1.165, 1.54) is 0 Å². The van der Waals surface area contributed by atoms with E-state index in [1.54, 1.807) is 72.8 Å². The Kier molecular flexibility index (Phi) is 20.5. The number of nitrogens with two attached hydrogens (primary N) is 2. The first-order chi connectivity index (χ1) is 30.0. The van der Waals surface area contributed by atoms with Crippen molar-refractivity contribution in [2.75, 3.05) is 13.1 Å². The second-order valence-corrected chi connectivity index (χ2v) is 14.1. The van der Waals surface area contributed by atoms with Gasteiger partial charge in [0.25, 0.3) is 0 Å². The van der Waals surface area contributed by atoms with Crippen molar-refractivity contribution in [1.29, 1.82) is 0 Å². The molecule has 0 fully saturated rings. The highest BCUT2D eigenvalue weighted by Gasteiger charge is 2.27. The van der Waals surface area contributed by atoms with Crippen LogP contribution in [0.5, 0.6) is 0 Å². The number of hydrogen-bond acceptors (Lipinski definition) is 11. The number of unbranched alkanes of at least 4 members (excludes halogenated alkanes) is 1. The molecule has 6 amide bonds. The first-order valence-corrected chi connectivity index (χ1v) is 20.2. The molecule has 0 aliphatic heterocycles. The molecule has 4 aromatic rings. The van der Waals surface area contributed by atoms with Crippen LogP contribution in [0.1, 0.15) is 54.4 Å². The maximum Gasteiger partial charge on any atom is 0.414 e. The van der Waals surface area contributed by atoms with Gasteiger partial charge in [0.05, 0.1) is 6.04 Å². The predicted molar refractivity (Wildman–Crippen MR) is 231 cm³/mol. The lowest BCUT2D eigenvalue weighted by Gasteiger charge is -2.23. The number of alkyl carbamates (subject to hydrolysis) is 3. The number of aliphatic imine (C=N–C) groups is 1. The maximum absolute atomic E-state index is 13.6. The Labute approximate surface area is 360 Å². The molecule has 62 heavy (non-hydrogen) atoms. The average Bonchev–Trinajstić information content (AvgIpc) is 3.28. The molecule has 4 rings (SSSR count). The summed E-state index contributed by atoms with van der Waals surface area (Å²) in [6.45, 7) is 0.376. The van der Waals surface area contributed by atoms with Crippen LogP contribution in [0.15, 0.2) is 126 Å². The molecule has 0 radical (unpaired) electrons. The van der Waals surface area contributed by atoms with E-state index in [0.29, 0.717) is 12.8 Å². The molecule has 3 atom stereocenters. The van der Waals surface area contributed by atoms with E-state index < -0.39 is 54.1 Å². The Morgan fingerprint density at radius 2 is 0.984 bits per heavy atom. The van der Waals surface area contributed by atoms with Gasteiger partial charge in [-0.1, -0.05) is 121 Å². The third-order valence-electron chi connectivity index (χ3n) is 9.12.